The third kappa shape index (κ3) is 3.23. The average Bonchev–Trinajstić information content (AvgIpc) is 3.17. The molecule has 30 heavy (non-hydrogen) atoms. The summed E-state index contributed by atoms with van der Waals surface area (Å²) in [6, 6.07) is 7.89. The Morgan fingerprint density at radius 1 is 1.17 bits per heavy atom. The van der Waals surface area contributed by atoms with Crippen molar-refractivity contribution in [3.8, 4) is 11.4 Å². The fourth-order valence-corrected chi connectivity index (χ4v) is 4.15. The molecule has 154 valence electrons. The number of fused-ring (bicyclic) bond motifs is 2. The van der Waals surface area contributed by atoms with Crippen LogP contribution in [0.25, 0.3) is 22.6 Å². The van der Waals surface area contributed by atoms with E-state index in [1.54, 1.807) is 10.5 Å². The first-order valence-corrected chi connectivity index (χ1v) is 10.4. The molecule has 1 saturated heterocycles. The van der Waals surface area contributed by atoms with Crippen LogP contribution >= 0.6 is 0 Å². The van der Waals surface area contributed by atoms with E-state index in [0.717, 1.165) is 48.6 Å². The highest BCUT2D eigenvalue weighted by Crippen LogP contribution is 2.21. The lowest BCUT2D eigenvalue weighted by molar-refractivity contribution is 0.484. The maximum atomic E-state index is 12.9. The van der Waals surface area contributed by atoms with Crippen molar-refractivity contribution in [3.05, 3.63) is 58.4 Å². The number of nitrogens with one attached hydrogen (secondary N) is 1. The molecule has 1 atom stereocenters. The van der Waals surface area contributed by atoms with Gasteiger partial charge in [0.05, 0.1) is 34.5 Å². The van der Waals surface area contributed by atoms with E-state index in [1.165, 1.54) is 0 Å². The summed E-state index contributed by atoms with van der Waals surface area (Å²) >= 11 is 0. The second-order valence-electron chi connectivity index (χ2n) is 7.94. The lowest BCUT2D eigenvalue weighted by Crippen LogP contribution is -2.49. The molecule has 0 unspecified atom stereocenters. The van der Waals surface area contributed by atoms with Gasteiger partial charge >= 0.3 is 0 Å². The molecular formula is C22H25N7O. The Bertz CT molecular complexity index is 1310. The summed E-state index contributed by atoms with van der Waals surface area (Å²) in [4.78, 5) is 24.5. The van der Waals surface area contributed by atoms with Crippen LogP contribution in [-0.2, 0) is 6.42 Å². The van der Waals surface area contributed by atoms with Gasteiger partial charge in [0.1, 0.15) is 11.3 Å². The van der Waals surface area contributed by atoms with Gasteiger partial charge in [-0.1, -0.05) is 6.92 Å². The highest BCUT2D eigenvalue weighted by molar-refractivity contribution is 5.66. The molecule has 1 N–H and O–H groups in total. The van der Waals surface area contributed by atoms with Crippen LogP contribution in [-0.4, -0.2) is 49.7 Å². The standard InChI is InChI=1S/C22H25N7O/c1-4-17-20-9-19(26-29(20)12-15(3)24-17)18-10-22(30)28-13-16(5-6-21(28)25-18)27-8-7-23-14(2)11-27/h5-6,9-10,12-14,23H,4,7-8,11H2,1-3H3/t14-/m1/s1. The zero-order valence-corrected chi connectivity index (χ0v) is 17.5. The van der Waals surface area contributed by atoms with E-state index >= 15 is 0 Å². The second-order valence-corrected chi connectivity index (χ2v) is 7.94. The summed E-state index contributed by atoms with van der Waals surface area (Å²) in [6.07, 6.45) is 4.60. The van der Waals surface area contributed by atoms with Gasteiger partial charge in [-0.2, -0.15) is 5.10 Å². The molecule has 0 spiro atoms. The van der Waals surface area contributed by atoms with E-state index in [9.17, 15) is 4.79 Å². The first kappa shape index (κ1) is 18.7. The molecule has 1 aliphatic rings. The van der Waals surface area contributed by atoms with Gasteiger partial charge in [-0.25, -0.2) is 9.50 Å². The normalized spacial score (nSPS) is 17.2. The van der Waals surface area contributed by atoms with Gasteiger partial charge in [0, 0.05) is 37.9 Å². The van der Waals surface area contributed by atoms with Gasteiger partial charge < -0.3 is 10.2 Å². The minimum atomic E-state index is -0.109. The molecule has 1 fully saturated rings. The molecule has 0 amide bonds. The van der Waals surface area contributed by atoms with Crippen molar-refractivity contribution in [1.29, 1.82) is 0 Å². The first-order valence-electron chi connectivity index (χ1n) is 10.4. The number of hydrogen-bond donors (Lipinski definition) is 1. The molecule has 8 heteroatoms. The average molecular weight is 403 g/mol. The van der Waals surface area contributed by atoms with Gasteiger partial charge in [0.15, 0.2) is 0 Å². The second kappa shape index (κ2) is 7.21. The van der Waals surface area contributed by atoms with Gasteiger partial charge in [0.2, 0.25) is 0 Å². The molecule has 0 aromatic carbocycles. The summed E-state index contributed by atoms with van der Waals surface area (Å²) in [5.41, 5.74) is 5.64. The third-order valence-corrected chi connectivity index (χ3v) is 5.63. The number of piperazine rings is 1. The molecule has 4 aromatic heterocycles. The number of rotatable bonds is 3. The molecule has 5 rings (SSSR count). The highest BCUT2D eigenvalue weighted by atomic mass is 16.1. The van der Waals surface area contributed by atoms with Gasteiger partial charge in [-0.3, -0.25) is 14.2 Å². The summed E-state index contributed by atoms with van der Waals surface area (Å²) in [6.45, 7) is 8.98. The molecule has 4 aromatic rings. The molecule has 8 nitrogen and oxygen atoms in total. The highest BCUT2D eigenvalue weighted by Gasteiger charge is 2.17. The lowest BCUT2D eigenvalue weighted by atomic mass is 10.2. The Balaban J connectivity index is 1.57. The van der Waals surface area contributed by atoms with E-state index in [2.05, 4.69) is 34.1 Å². The summed E-state index contributed by atoms with van der Waals surface area (Å²) in [5, 5.41) is 8.09. The Labute approximate surface area is 174 Å². The van der Waals surface area contributed by atoms with E-state index in [1.807, 2.05) is 42.0 Å². The van der Waals surface area contributed by atoms with Crippen LogP contribution in [0.5, 0.6) is 0 Å². The monoisotopic (exact) mass is 403 g/mol. The molecule has 5 heterocycles. The number of aromatic nitrogens is 5. The smallest absolute Gasteiger partial charge is 0.258 e. The zero-order chi connectivity index (χ0) is 20.8. The summed E-state index contributed by atoms with van der Waals surface area (Å²) in [5.74, 6) is 0. The first-order chi connectivity index (χ1) is 14.5. The van der Waals surface area contributed by atoms with Crippen molar-refractivity contribution in [2.24, 2.45) is 0 Å². The van der Waals surface area contributed by atoms with Crippen LogP contribution in [0.2, 0.25) is 0 Å². The van der Waals surface area contributed by atoms with Crippen LogP contribution in [0.1, 0.15) is 25.2 Å². The SMILES string of the molecule is CCc1nc(C)cn2nc(-c3cc(=O)n4cc(N5CCN[C@H](C)C5)ccc4n3)cc12. The zero-order valence-electron chi connectivity index (χ0n) is 17.5. The van der Waals surface area contributed by atoms with E-state index in [-0.39, 0.29) is 5.56 Å². The third-order valence-electron chi connectivity index (χ3n) is 5.63. The summed E-state index contributed by atoms with van der Waals surface area (Å²) in [7, 11) is 0. The van der Waals surface area contributed by atoms with Gasteiger partial charge in [-0.15, -0.1) is 0 Å². The van der Waals surface area contributed by atoms with E-state index < -0.39 is 0 Å². The molecular weight excluding hydrogens is 378 g/mol. The number of anilines is 1. The van der Waals surface area contributed by atoms with Crippen molar-refractivity contribution in [2.75, 3.05) is 24.5 Å². The Morgan fingerprint density at radius 3 is 2.83 bits per heavy atom. The summed E-state index contributed by atoms with van der Waals surface area (Å²) < 4.78 is 3.44. The van der Waals surface area contributed by atoms with Crippen LogP contribution in [0.4, 0.5) is 5.69 Å². The molecule has 0 radical (unpaired) electrons. The van der Waals surface area contributed by atoms with E-state index in [4.69, 9.17) is 4.98 Å². The predicted molar refractivity (Wildman–Crippen MR) is 117 cm³/mol. The fraction of sp³-hybridized carbons (Fsp3) is 0.364. The quantitative estimate of drug-likeness (QED) is 0.564. The maximum Gasteiger partial charge on any atom is 0.258 e. The van der Waals surface area contributed by atoms with Crippen molar-refractivity contribution in [1.82, 2.24) is 29.3 Å². The van der Waals surface area contributed by atoms with Crippen molar-refractivity contribution in [2.45, 2.75) is 33.2 Å². The van der Waals surface area contributed by atoms with Crippen molar-refractivity contribution >= 4 is 16.9 Å². The van der Waals surface area contributed by atoms with Crippen molar-refractivity contribution in [3.63, 3.8) is 0 Å². The molecule has 0 saturated carbocycles. The van der Waals surface area contributed by atoms with Gasteiger partial charge in [-0.05, 0) is 38.5 Å². The predicted octanol–water partition coefficient (Wildman–Crippen LogP) is 2.07. The van der Waals surface area contributed by atoms with Crippen LogP contribution in [0, 0.1) is 6.92 Å². The van der Waals surface area contributed by atoms with Crippen LogP contribution in [0.15, 0.2) is 41.5 Å². The van der Waals surface area contributed by atoms with Crippen LogP contribution < -0.4 is 15.8 Å². The Kier molecular flexibility index (Phi) is 4.51. The van der Waals surface area contributed by atoms with Crippen LogP contribution in [0.3, 0.4) is 0 Å². The fourth-order valence-electron chi connectivity index (χ4n) is 4.15. The number of pyridine rings is 1. The molecule has 0 bridgehead atoms. The molecule has 1 aliphatic heterocycles. The number of hydrogen-bond acceptors (Lipinski definition) is 6. The number of aryl methyl sites for hydroxylation is 2. The van der Waals surface area contributed by atoms with Gasteiger partial charge in [0.25, 0.3) is 5.56 Å². The minimum Gasteiger partial charge on any atom is -0.368 e. The Hall–Kier alpha value is -3.26. The minimum absolute atomic E-state index is 0.109. The number of nitrogens with zero attached hydrogens (tertiary/aromatic N) is 6. The topological polar surface area (TPSA) is 79.8 Å². The lowest BCUT2D eigenvalue weighted by Gasteiger charge is -2.33. The molecule has 0 aliphatic carbocycles. The van der Waals surface area contributed by atoms with Crippen molar-refractivity contribution < 1.29 is 0 Å². The van der Waals surface area contributed by atoms with E-state index in [0.29, 0.717) is 23.1 Å². The maximum absolute atomic E-state index is 12.9. The Morgan fingerprint density at radius 2 is 2.03 bits per heavy atom. The largest absolute Gasteiger partial charge is 0.368 e.